The number of thioether (sulfide) groups is 1. The molecular formula is C12H26O4S. The van der Waals surface area contributed by atoms with Gasteiger partial charge in [-0.15, -0.1) is 0 Å². The molecule has 0 aliphatic rings. The maximum atomic E-state index is 10.7. The van der Waals surface area contributed by atoms with E-state index in [0.717, 1.165) is 18.6 Å². The van der Waals surface area contributed by atoms with Gasteiger partial charge in [0.1, 0.15) is 6.10 Å². The summed E-state index contributed by atoms with van der Waals surface area (Å²) in [7, 11) is 0. The molecule has 0 aliphatic carbocycles. The monoisotopic (exact) mass is 266 g/mol. The van der Waals surface area contributed by atoms with E-state index in [1.807, 2.05) is 6.26 Å². The van der Waals surface area contributed by atoms with E-state index in [1.54, 1.807) is 11.8 Å². The van der Waals surface area contributed by atoms with Gasteiger partial charge in [-0.05, 0) is 37.7 Å². The van der Waals surface area contributed by atoms with Crippen molar-refractivity contribution in [3.8, 4) is 0 Å². The van der Waals surface area contributed by atoms with Crippen LogP contribution in [0, 0.1) is 5.92 Å². The van der Waals surface area contributed by atoms with Crippen molar-refractivity contribution in [2.75, 3.05) is 25.2 Å². The second kappa shape index (κ2) is 13.8. The standard InChI is InChI=1S/C8H16O3.C4H10OS/c1-6(2)4-5-11-8(10)7(3)9;1-6-4-2-3-5/h6-7,9H,4-5H2,1-3H3;5H,2-4H2,1H3. The van der Waals surface area contributed by atoms with Gasteiger partial charge in [-0.3, -0.25) is 0 Å². The van der Waals surface area contributed by atoms with Gasteiger partial charge in [-0.2, -0.15) is 11.8 Å². The van der Waals surface area contributed by atoms with Gasteiger partial charge in [0.2, 0.25) is 0 Å². The van der Waals surface area contributed by atoms with Crippen LogP contribution in [0.5, 0.6) is 0 Å². The number of aliphatic hydroxyl groups is 2. The number of ether oxygens (including phenoxy) is 1. The average Bonchev–Trinajstić information content (AvgIpc) is 2.26. The Morgan fingerprint density at radius 3 is 2.24 bits per heavy atom. The number of esters is 1. The van der Waals surface area contributed by atoms with Gasteiger partial charge in [0, 0.05) is 6.61 Å². The fourth-order valence-corrected chi connectivity index (χ4v) is 1.14. The first kappa shape index (κ1) is 19.1. The van der Waals surface area contributed by atoms with Crippen LogP contribution in [0.15, 0.2) is 0 Å². The molecule has 0 saturated carbocycles. The third-order valence-corrected chi connectivity index (χ3v) is 2.48. The second-order valence-corrected chi connectivity index (χ2v) is 5.08. The topological polar surface area (TPSA) is 66.8 Å². The first-order chi connectivity index (χ1) is 7.95. The minimum Gasteiger partial charge on any atom is -0.464 e. The number of hydrogen-bond acceptors (Lipinski definition) is 5. The van der Waals surface area contributed by atoms with Crippen LogP contribution in [0.4, 0.5) is 0 Å². The fourth-order valence-electron chi connectivity index (χ4n) is 0.725. The van der Waals surface area contributed by atoms with Crippen molar-refractivity contribution in [2.45, 2.75) is 39.7 Å². The van der Waals surface area contributed by atoms with E-state index in [9.17, 15) is 4.79 Å². The lowest BCUT2D eigenvalue weighted by Crippen LogP contribution is -2.20. The van der Waals surface area contributed by atoms with E-state index in [2.05, 4.69) is 13.8 Å². The van der Waals surface area contributed by atoms with Crippen LogP contribution < -0.4 is 0 Å². The first-order valence-corrected chi connectivity index (χ1v) is 7.29. The summed E-state index contributed by atoms with van der Waals surface area (Å²) in [6.07, 6.45) is 2.82. The van der Waals surface area contributed by atoms with E-state index in [0.29, 0.717) is 19.1 Å². The second-order valence-electron chi connectivity index (χ2n) is 4.10. The van der Waals surface area contributed by atoms with Crippen molar-refractivity contribution in [1.82, 2.24) is 0 Å². The van der Waals surface area contributed by atoms with Crippen LogP contribution in [0.25, 0.3) is 0 Å². The Morgan fingerprint density at radius 1 is 1.35 bits per heavy atom. The lowest BCUT2D eigenvalue weighted by molar-refractivity contribution is -0.152. The summed E-state index contributed by atoms with van der Waals surface area (Å²) >= 11 is 1.77. The van der Waals surface area contributed by atoms with Gasteiger partial charge in [0.25, 0.3) is 0 Å². The van der Waals surface area contributed by atoms with Crippen molar-refractivity contribution in [1.29, 1.82) is 0 Å². The summed E-state index contributed by atoms with van der Waals surface area (Å²) in [6, 6.07) is 0. The lowest BCUT2D eigenvalue weighted by atomic mass is 10.1. The zero-order chi connectivity index (χ0) is 13.7. The van der Waals surface area contributed by atoms with Crippen LogP contribution in [-0.2, 0) is 9.53 Å². The largest absolute Gasteiger partial charge is 0.464 e. The van der Waals surface area contributed by atoms with Crippen molar-refractivity contribution < 1.29 is 19.7 Å². The summed E-state index contributed by atoms with van der Waals surface area (Å²) in [4.78, 5) is 10.7. The molecule has 4 nitrogen and oxygen atoms in total. The highest BCUT2D eigenvalue weighted by Crippen LogP contribution is 1.99. The van der Waals surface area contributed by atoms with Gasteiger partial charge in [-0.25, -0.2) is 4.79 Å². The number of carbonyl (C=O) groups excluding carboxylic acids is 1. The van der Waals surface area contributed by atoms with Crippen molar-refractivity contribution in [3.05, 3.63) is 0 Å². The molecule has 0 rings (SSSR count). The number of carbonyl (C=O) groups is 1. The SMILES string of the molecule is CC(C)CCOC(=O)C(C)O.CSCCCO. The predicted molar refractivity (Wildman–Crippen MR) is 72.2 cm³/mol. The molecule has 0 fully saturated rings. The Kier molecular flexibility index (Phi) is 15.5. The Balaban J connectivity index is 0. The molecular weight excluding hydrogens is 240 g/mol. The highest BCUT2D eigenvalue weighted by Gasteiger charge is 2.09. The molecule has 1 atom stereocenters. The third kappa shape index (κ3) is 18.3. The Morgan fingerprint density at radius 2 is 1.94 bits per heavy atom. The van der Waals surface area contributed by atoms with Crippen molar-refractivity contribution in [3.63, 3.8) is 0 Å². The Labute approximate surface area is 109 Å². The van der Waals surface area contributed by atoms with Crippen LogP contribution >= 0.6 is 11.8 Å². The molecule has 0 spiro atoms. The summed E-state index contributed by atoms with van der Waals surface area (Å²) in [5.74, 6) is 1.07. The summed E-state index contributed by atoms with van der Waals surface area (Å²) in [5, 5.41) is 16.9. The summed E-state index contributed by atoms with van der Waals surface area (Å²) in [5.41, 5.74) is 0. The highest BCUT2D eigenvalue weighted by molar-refractivity contribution is 7.98. The zero-order valence-electron chi connectivity index (χ0n) is 11.3. The molecule has 0 saturated heterocycles. The molecule has 0 bridgehead atoms. The third-order valence-electron chi connectivity index (χ3n) is 1.79. The van der Waals surface area contributed by atoms with E-state index in [1.165, 1.54) is 6.92 Å². The Bertz CT molecular complexity index is 168. The van der Waals surface area contributed by atoms with Crippen LogP contribution in [0.2, 0.25) is 0 Å². The van der Waals surface area contributed by atoms with Crippen molar-refractivity contribution in [2.24, 2.45) is 5.92 Å². The molecule has 1 unspecified atom stereocenters. The fraction of sp³-hybridized carbons (Fsp3) is 0.917. The highest BCUT2D eigenvalue weighted by atomic mass is 32.2. The van der Waals surface area contributed by atoms with Gasteiger partial charge in [-0.1, -0.05) is 13.8 Å². The predicted octanol–water partition coefficient (Wildman–Crippen LogP) is 1.69. The molecule has 0 aromatic heterocycles. The molecule has 0 heterocycles. The maximum absolute atomic E-state index is 10.7. The quantitative estimate of drug-likeness (QED) is 0.542. The lowest BCUT2D eigenvalue weighted by Gasteiger charge is -2.07. The number of rotatable bonds is 7. The van der Waals surface area contributed by atoms with E-state index < -0.39 is 12.1 Å². The molecule has 0 aromatic rings. The molecule has 17 heavy (non-hydrogen) atoms. The molecule has 0 amide bonds. The van der Waals surface area contributed by atoms with E-state index in [4.69, 9.17) is 14.9 Å². The van der Waals surface area contributed by atoms with Crippen LogP contribution in [0.3, 0.4) is 0 Å². The molecule has 104 valence electrons. The van der Waals surface area contributed by atoms with Gasteiger partial charge >= 0.3 is 5.97 Å². The Hall–Kier alpha value is -0.260. The molecule has 5 heteroatoms. The molecule has 0 aromatic carbocycles. The zero-order valence-corrected chi connectivity index (χ0v) is 12.1. The minimum absolute atomic E-state index is 0.334. The average molecular weight is 266 g/mol. The van der Waals surface area contributed by atoms with Crippen LogP contribution in [-0.4, -0.2) is 47.5 Å². The number of aliphatic hydroxyl groups excluding tert-OH is 2. The van der Waals surface area contributed by atoms with E-state index in [-0.39, 0.29) is 0 Å². The van der Waals surface area contributed by atoms with Crippen molar-refractivity contribution >= 4 is 17.7 Å². The molecule has 0 radical (unpaired) electrons. The molecule has 0 aliphatic heterocycles. The molecule has 2 N–H and O–H groups in total. The summed E-state index contributed by atoms with van der Waals surface area (Å²) < 4.78 is 4.73. The number of hydrogen-bond donors (Lipinski definition) is 2. The van der Waals surface area contributed by atoms with Crippen LogP contribution in [0.1, 0.15) is 33.6 Å². The van der Waals surface area contributed by atoms with Gasteiger partial charge < -0.3 is 14.9 Å². The normalized spacial score (nSPS) is 11.7. The smallest absolute Gasteiger partial charge is 0.334 e. The first-order valence-electron chi connectivity index (χ1n) is 5.90. The van der Waals surface area contributed by atoms with Gasteiger partial charge in [0.15, 0.2) is 0 Å². The van der Waals surface area contributed by atoms with E-state index >= 15 is 0 Å². The minimum atomic E-state index is -0.998. The summed E-state index contributed by atoms with van der Waals surface area (Å²) in [6.45, 7) is 6.24. The van der Waals surface area contributed by atoms with Gasteiger partial charge in [0.05, 0.1) is 6.61 Å². The maximum Gasteiger partial charge on any atom is 0.334 e.